The van der Waals surface area contributed by atoms with Crippen LogP contribution < -0.4 is 5.73 Å². The molecule has 1 amide bonds. The second-order valence-corrected chi connectivity index (χ2v) is 3.13. The van der Waals surface area contributed by atoms with Crippen LogP contribution in [0.2, 0.25) is 0 Å². The van der Waals surface area contributed by atoms with Gasteiger partial charge in [-0.2, -0.15) is 0 Å². The van der Waals surface area contributed by atoms with Crippen LogP contribution in [-0.4, -0.2) is 55.5 Å². The topological polar surface area (TPSA) is 49.6 Å². The average Bonchev–Trinajstić information content (AvgIpc) is 2.31. The predicted octanol–water partition coefficient (Wildman–Crippen LogP) is -0.891. The summed E-state index contributed by atoms with van der Waals surface area (Å²) in [5.41, 5.74) is 5.45. The molecule has 12 heavy (non-hydrogen) atoms. The predicted molar refractivity (Wildman–Crippen MR) is 47.7 cm³/mol. The molecular weight excluding hydrogens is 154 g/mol. The Morgan fingerprint density at radius 2 is 2.08 bits per heavy atom. The minimum atomic E-state index is 0.709. The second-order valence-electron chi connectivity index (χ2n) is 3.13. The number of rotatable bonds is 3. The zero-order chi connectivity index (χ0) is 8.81. The molecule has 1 fully saturated rings. The van der Waals surface area contributed by atoms with E-state index in [1.807, 2.05) is 4.90 Å². The molecule has 4 nitrogen and oxygen atoms in total. The van der Waals surface area contributed by atoms with Crippen LogP contribution in [0.15, 0.2) is 0 Å². The molecule has 1 aliphatic rings. The van der Waals surface area contributed by atoms with Gasteiger partial charge in [0.15, 0.2) is 0 Å². The van der Waals surface area contributed by atoms with Crippen molar-refractivity contribution in [2.24, 2.45) is 5.73 Å². The van der Waals surface area contributed by atoms with Gasteiger partial charge in [-0.05, 0) is 13.0 Å². The van der Waals surface area contributed by atoms with Gasteiger partial charge in [-0.25, -0.2) is 0 Å². The Kier molecular flexibility index (Phi) is 4.04. The zero-order valence-corrected chi connectivity index (χ0v) is 7.41. The largest absolute Gasteiger partial charge is 0.344 e. The Bertz CT molecular complexity index is 140. The Balaban J connectivity index is 2.28. The van der Waals surface area contributed by atoms with Gasteiger partial charge in [-0.1, -0.05) is 0 Å². The molecule has 1 rings (SSSR count). The quantitative estimate of drug-likeness (QED) is 0.560. The third-order valence-electron chi connectivity index (χ3n) is 2.22. The third-order valence-corrected chi connectivity index (χ3v) is 2.22. The van der Waals surface area contributed by atoms with E-state index in [1.54, 1.807) is 0 Å². The Hall–Kier alpha value is -0.610. The fourth-order valence-electron chi connectivity index (χ4n) is 1.50. The van der Waals surface area contributed by atoms with Crippen LogP contribution in [0.5, 0.6) is 0 Å². The molecule has 0 saturated carbocycles. The highest BCUT2D eigenvalue weighted by Crippen LogP contribution is 1.99. The van der Waals surface area contributed by atoms with E-state index in [2.05, 4.69) is 4.90 Å². The van der Waals surface area contributed by atoms with E-state index in [-0.39, 0.29) is 0 Å². The first-order chi connectivity index (χ1) is 5.86. The Morgan fingerprint density at radius 3 is 2.75 bits per heavy atom. The molecule has 0 atom stereocenters. The summed E-state index contributed by atoms with van der Waals surface area (Å²) in [6.45, 7) is 5.44. The van der Waals surface area contributed by atoms with Crippen molar-refractivity contribution in [1.29, 1.82) is 0 Å². The fourth-order valence-corrected chi connectivity index (χ4v) is 1.50. The van der Waals surface area contributed by atoms with Crippen LogP contribution in [0, 0.1) is 0 Å². The van der Waals surface area contributed by atoms with E-state index >= 15 is 0 Å². The van der Waals surface area contributed by atoms with E-state index in [1.165, 1.54) is 0 Å². The van der Waals surface area contributed by atoms with Crippen LogP contribution >= 0.6 is 0 Å². The number of nitrogens with zero attached hydrogens (tertiary/aromatic N) is 2. The number of hydrogen-bond donors (Lipinski definition) is 1. The molecule has 0 spiro atoms. The number of amides is 1. The molecule has 4 heteroatoms. The normalized spacial score (nSPS) is 20.6. The van der Waals surface area contributed by atoms with E-state index in [0.717, 1.165) is 45.6 Å². The molecule has 0 unspecified atom stereocenters. The van der Waals surface area contributed by atoms with Crippen molar-refractivity contribution in [3.8, 4) is 0 Å². The van der Waals surface area contributed by atoms with Crippen molar-refractivity contribution >= 4 is 6.41 Å². The maximum absolute atomic E-state index is 10.5. The summed E-state index contributed by atoms with van der Waals surface area (Å²) in [6, 6.07) is 0. The average molecular weight is 171 g/mol. The first-order valence-corrected chi connectivity index (χ1v) is 4.48. The Morgan fingerprint density at radius 1 is 1.25 bits per heavy atom. The molecule has 1 aliphatic heterocycles. The second kappa shape index (κ2) is 5.11. The highest BCUT2D eigenvalue weighted by Gasteiger charge is 2.11. The maximum atomic E-state index is 10.5. The number of carbonyl (C=O) groups is 1. The molecule has 0 aromatic heterocycles. The molecule has 0 aliphatic carbocycles. The van der Waals surface area contributed by atoms with Crippen molar-refractivity contribution in [3.63, 3.8) is 0 Å². The van der Waals surface area contributed by atoms with Gasteiger partial charge in [0.1, 0.15) is 0 Å². The third kappa shape index (κ3) is 2.79. The lowest BCUT2D eigenvalue weighted by Gasteiger charge is -2.18. The summed E-state index contributed by atoms with van der Waals surface area (Å²) >= 11 is 0. The van der Waals surface area contributed by atoms with Crippen molar-refractivity contribution in [2.45, 2.75) is 6.42 Å². The van der Waals surface area contributed by atoms with Crippen LogP contribution in [0.4, 0.5) is 0 Å². The standard InChI is InChI=1S/C8H17N3O/c9-2-5-10-3-1-4-11(8-12)7-6-10/h8H,1-7,9H2. The molecule has 70 valence electrons. The highest BCUT2D eigenvalue weighted by atomic mass is 16.1. The monoisotopic (exact) mass is 171 g/mol. The lowest BCUT2D eigenvalue weighted by atomic mass is 10.4. The summed E-state index contributed by atoms with van der Waals surface area (Å²) in [6.07, 6.45) is 2.00. The van der Waals surface area contributed by atoms with E-state index in [4.69, 9.17) is 5.73 Å². The number of carbonyl (C=O) groups excluding carboxylic acids is 1. The summed E-state index contributed by atoms with van der Waals surface area (Å²) in [5.74, 6) is 0. The van der Waals surface area contributed by atoms with Crippen LogP contribution in [0.25, 0.3) is 0 Å². The smallest absolute Gasteiger partial charge is 0.209 e. The molecule has 1 heterocycles. The summed E-state index contributed by atoms with van der Waals surface area (Å²) in [7, 11) is 0. The number of nitrogens with two attached hydrogens (primary N) is 1. The van der Waals surface area contributed by atoms with Crippen molar-refractivity contribution in [2.75, 3.05) is 39.3 Å². The SMILES string of the molecule is NCCN1CCCN(C=O)CC1. The van der Waals surface area contributed by atoms with Gasteiger partial charge in [0.2, 0.25) is 6.41 Å². The van der Waals surface area contributed by atoms with Crippen LogP contribution in [-0.2, 0) is 4.79 Å². The van der Waals surface area contributed by atoms with Gasteiger partial charge in [0.25, 0.3) is 0 Å². The van der Waals surface area contributed by atoms with E-state index in [0.29, 0.717) is 6.54 Å². The van der Waals surface area contributed by atoms with Crippen LogP contribution in [0.1, 0.15) is 6.42 Å². The van der Waals surface area contributed by atoms with Crippen molar-refractivity contribution in [1.82, 2.24) is 9.80 Å². The lowest BCUT2D eigenvalue weighted by molar-refractivity contribution is -0.118. The molecule has 0 aromatic carbocycles. The van der Waals surface area contributed by atoms with Gasteiger partial charge in [-0.15, -0.1) is 0 Å². The molecule has 2 N–H and O–H groups in total. The summed E-state index contributed by atoms with van der Waals surface area (Å²) in [5, 5.41) is 0. The molecule has 0 aromatic rings. The van der Waals surface area contributed by atoms with Crippen LogP contribution in [0.3, 0.4) is 0 Å². The van der Waals surface area contributed by atoms with Crippen molar-refractivity contribution < 1.29 is 4.79 Å². The molecular formula is C8H17N3O. The van der Waals surface area contributed by atoms with Gasteiger partial charge in [0, 0.05) is 32.7 Å². The first-order valence-electron chi connectivity index (χ1n) is 4.48. The summed E-state index contributed by atoms with van der Waals surface area (Å²) in [4.78, 5) is 14.6. The van der Waals surface area contributed by atoms with Gasteiger partial charge in [-0.3, -0.25) is 4.79 Å². The molecule has 0 bridgehead atoms. The lowest BCUT2D eigenvalue weighted by Crippen LogP contribution is -2.33. The zero-order valence-electron chi connectivity index (χ0n) is 7.41. The highest BCUT2D eigenvalue weighted by molar-refractivity contribution is 5.46. The minimum absolute atomic E-state index is 0.709. The van der Waals surface area contributed by atoms with Gasteiger partial charge < -0.3 is 15.5 Å². The fraction of sp³-hybridized carbons (Fsp3) is 0.875. The molecule has 1 saturated heterocycles. The molecule has 0 radical (unpaired) electrons. The van der Waals surface area contributed by atoms with E-state index in [9.17, 15) is 4.79 Å². The summed E-state index contributed by atoms with van der Waals surface area (Å²) < 4.78 is 0. The van der Waals surface area contributed by atoms with Gasteiger partial charge in [0.05, 0.1) is 0 Å². The minimum Gasteiger partial charge on any atom is -0.344 e. The van der Waals surface area contributed by atoms with E-state index < -0.39 is 0 Å². The first kappa shape index (κ1) is 9.48. The van der Waals surface area contributed by atoms with Gasteiger partial charge >= 0.3 is 0 Å². The maximum Gasteiger partial charge on any atom is 0.209 e. The Labute approximate surface area is 73.3 Å². The number of hydrogen-bond acceptors (Lipinski definition) is 3. The van der Waals surface area contributed by atoms with Crippen molar-refractivity contribution in [3.05, 3.63) is 0 Å².